The molecular formula is C16H24O3. The Kier molecular flexibility index (Phi) is 4.61. The second-order valence-corrected chi connectivity index (χ2v) is 5.29. The molecule has 19 heavy (non-hydrogen) atoms. The van der Waals surface area contributed by atoms with E-state index in [1.165, 1.54) is 5.56 Å². The fourth-order valence-corrected chi connectivity index (χ4v) is 2.69. The minimum atomic E-state index is -0.527. The first-order valence-corrected chi connectivity index (χ1v) is 7.18. The molecule has 0 bridgehead atoms. The van der Waals surface area contributed by atoms with Gasteiger partial charge in [-0.25, -0.2) is 0 Å². The third kappa shape index (κ3) is 3.16. The van der Waals surface area contributed by atoms with Gasteiger partial charge in [0.1, 0.15) is 6.10 Å². The summed E-state index contributed by atoms with van der Waals surface area (Å²) < 4.78 is 12.2. The van der Waals surface area contributed by atoms with Gasteiger partial charge in [-0.2, -0.15) is 0 Å². The van der Waals surface area contributed by atoms with Gasteiger partial charge in [0.25, 0.3) is 0 Å². The molecular weight excluding hydrogens is 240 g/mol. The Balaban J connectivity index is 2.13. The number of rotatable bonds is 5. The van der Waals surface area contributed by atoms with Gasteiger partial charge in [0.05, 0.1) is 12.2 Å². The SMILES string of the molecule is CCC1(CC)O[C@@H](Cc2ccccc2)[C@H](C(C)O)O1. The van der Waals surface area contributed by atoms with E-state index in [-0.39, 0.29) is 12.2 Å². The third-order valence-corrected chi connectivity index (χ3v) is 3.92. The molecule has 0 spiro atoms. The maximum atomic E-state index is 9.92. The van der Waals surface area contributed by atoms with Crippen LogP contribution in [0.5, 0.6) is 0 Å². The van der Waals surface area contributed by atoms with Gasteiger partial charge in [-0.3, -0.25) is 0 Å². The van der Waals surface area contributed by atoms with E-state index in [2.05, 4.69) is 26.0 Å². The first-order chi connectivity index (χ1) is 9.10. The van der Waals surface area contributed by atoms with Gasteiger partial charge in [0.2, 0.25) is 0 Å². The monoisotopic (exact) mass is 264 g/mol. The standard InChI is InChI=1S/C16H24O3/c1-4-16(5-2)18-14(15(19-16)12(3)17)11-13-9-7-6-8-10-13/h6-10,12,14-15,17H,4-5,11H2,1-3H3/t12?,14-,15-/m0/s1. The largest absolute Gasteiger partial charge is 0.391 e. The van der Waals surface area contributed by atoms with Gasteiger partial charge in [-0.1, -0.05) is 44.2 Å². The predicted octanol–water partition coefficient (Wildman–Crippen LogP) is 2.91. The number of aliphatic hydroxyl groups excluding tert-OH is 1. The van der Waals surface area contributed by atoms with Crippen LogP contribution >= 0.6 is 0 Å². The van der Waals surface area contributed by atoms with Crippen LogP contribution in [0.1, 0.15) is 39.2 Å². The molecule has 0 saturated carbocycles. The highest BCUT2D eigenvalue weighted by molar-refractivity contribution is 5.16. The number of hydrogen-bond donors (Lipinski definition) is 1. The topological polar surface area (TPSA) is 38.7 Å². The smallest absolute Gasteiger partial charge is 0.168 e. The average Bonchev–Trinajstić information content (AvgIpc) is 2.80. The zero-order valence-corrected chi connectivity index (χ0v) is 12.0. The first-order valence-electron chi connectivity index (χ1n) is 7.18. The number of aliphatic hydroxyl groups is 1. The highest BCUT2D eigenvalue weighted by atomic mass is 16.8. The molecule has 1 unspecified atom stereocenters. The van der Waals surface area contributed by atoms with Crippen LogP contribution in [0.2, 0.25) is 0 Å². The molecule has 0 radical (unpaired) electrons. The van der Waals surface area contributed by atoms with Crippen molar-refractivity contribution in [2.75, 3.05) is 0 Å². The zero-order chi connectivity index (χ0) is 13.9. The van der Waals surface area contributed by atoms with E-state index in [4.69, 9.17) is 9.47 Å². The Labute approximate surface area is 115 Å². The molecule has 0 aliphatic carbocycles. The van der Waals surface area contributed by atoms with Gasteiger partial charge < -0.3 is 14.6 Å². The molecule has 3 heteroatoms. The fraction of sp³-hybridized carbons (Fsp3) is 0.625. The van der Waals surface area contributed by atoms with Crippen molar-refractivity contribution in [3.8, 4) is 0 Å². The van der Waals surface area contributed by atoms with Gasteiger partial charge in [-0.15, -0.1) is 0 Å². The van der Waals surface area contributed by atoms with Crippen molar-refractivity contribution in [2.45, 2.75) is 64.1 Å². The molecule has 3 nitrogen and oxygen atoms in total. The van der Waals surface area contributed by atoms with Crippen molar-refractivity contribution in [2.24, 2.45) is 0 Å². The van der Waals surface area contributed by atoms with Crippen LogP contribution in [0, 0.1) is 0 Å². The van der Waals surface area contributed by atoms with Crippen molar-refractivity contribution < 1.29 is 14.6 Å². The molecule has 0 aromatic heterocycles. The van der Waals surface area contributed by atoms with E-state index in [1.807, 2.05) is 18.2 Å². The molecule has 3 atom stereocenters. The fourth-order valence-electron chi connectivity index (χ4n) is 2.69. The molecule has 1 fully saturated rings. The minimum absolute atomic E-state index is 0.0812. The van der Waals surface area contributed by atoms with Crippen molar-refractivity contribution in [3.05, 3.63) is 35.9 Å². The van der Waals surface area contributed by atoms with Crippen molar-refractivity contribution >= 4 is 0 Å². The van der Waals surface area contributed by atoms with E-state index in [1.54, 1.807) is 6.92 Å². The Morgan fingerprint density at radius 2 is 1.79 bits per heavy atom. The lowest BCUT2D eigenvalue weighted by Crippen LogP contribution is -2.34. The van der Waals surface area contributed by atoms with Gasteiger partial charge in [-0.05, 0) is 25.3 Å². The number of ether oxygens (including phenoxy) is 2. The molecule has 1 N–H and O–H groups in total. The van der Waals surface area contributed by atoms with Crippen molar-refractivity contribution in [1.82, 2.24) is 0 Å². The Morgan fingerprint density at radius 3 is 2.32 bits per heavy atom. The molecule has 1 saturated heterocycles. The lowest BCUT2D eigenvalue weighted by atomic mass is 10.0. The lowest BCUT2D eigenvalue weighted by Gasteiger charge is -2.25. The summed E-state index contributed by atoms with van der Waals surface area (Å²) in [6, 6.07) is 10.2. The highest BCUT2D eigenvalue weighted by Crippen LogP contribution is 2.36. The van der Waals surface area contributed by atoms with E-state index in [9.17, 15) is 5.11 Å². The molecule has 1 aromatic carbocycles. The van der Waals surface area contributed by atoms with Crippen LogP contribution in [-0.2, 0) is 15.9 Å². The minimum Gasteiger partial charge on any atom is -0.391 e. The molecule has 2 rings (SSSR count). The van der Waals surface area contributed by atoms with Crippen LogP contribution < -0.4 is 0 Å². The second-order valence-electron chi connectivity index (χ2n) is 5.29. The van der Waals surface area contributed by atoms with Crippen LogP contribution in [-0.4, -0.2) is 29.2 Å². The summed E-state index contributed by atoms with van der Waals surface area (Å²) in [5, 5.41) is 9.92. The predicted molar refractivity (Wildman–Crippen MR) is 74.9 cm³/mol. The Bertz CT molecular complexity index is 384. The average molecular weight is 264 g/mol. The summed E-state index contributed by atoms with van der Waals surface area (Å²) in [7, 11) is 0. The normalized spacial score (nSPS) is 27.4. The summed E-state index contributed by atoms with van der Waals surface area (Å²) in [5.74, 6) is -0.527. The van der Waals surface area contributed by atoms with E-state index >= 15 is 0 Å². The van der Waals surface area contributed by atoms with E-state index in [0.29, 0.717) is 0 Å². The summed E-state index contributed by atoms with van der Waals surface area (Å²) in [6.45, 7) is 5.90. The zero-order valence-electron chi connectivity index (χ0n) is 12.0. The van der Waals surface area contributed by atoms with Gasteiger partial charge in [0, 0.05) is 6.42 Å². The Hall–Kier alpha value is -0.900. The quantitative estimate of drug-likeness (QED) is 0.888. The second kappa shape index (κ2) is 6.04. The molecule has 1 aliphatic rings. The van der Waals surface area contributed by atoms with Crippen LogP contribution in [0.25, 0.3) is 0 Å². The summed E-state index contributed by atoms with van der Waals surface area (Å²) in [5.41, 5.74) is 1.21. The lowest BCUT2D eigenvalue weighted by molar-refractivity contribution is -0.185. The highest BCUT2D eigenvalue weighted by Gasteiger charge is 2.46. The van der Waals surface area contributed by atoms with Gasteiger partial charge >= 0.3 is 0 Å². The first kappa shape index (κ1) is 14.5. The molecule has 1 heterocycles. The number of hydrogen-bond acceptors (Lipinski definition) is 3. The van der Waals surface area contributed by atoms with Crippen LogP contribution in [0.4, 0.5) is 0 Å². The summed E-state index contributed by atoms with van der Waals surface area (Å²) in [4.78, 5) is 0. The molecule has 0 amide bonds. The maximum absolute atomic E-state index is 9.92. The number of benzene rings is 1. The van der Waals surface area contributed by atoms with Crippen molar-refractivity contribution in [1.29, 1.82) is 0 Å². The summed E-state index contributed by atoms with van der Waals surface area (Å²) >= 11 is 0. The molecule has 106 valence electrons. The van der Waals surface area contributed by atoms with Gasteiger partial charge in [0.15, 0.2) is 5.79 Å². The molecule has 1 aliphatic heterocycles. The van der Waals surface area contributed by atoms with Crippen molar-refractivity contribution in [3.63, 3.8) is 0 Å². The molecule has 1 aromatic rings. The van der Waals surface area contributed by atoms with E-state index < -0.39 is 11.9 Å². The van der Waals surface area contributed by atoms with Crippen LogP contribution in [0.15, 0.2) is 30.3 Å². The van der Waals surface area contributed by atoms with Crippen LogP contribution in [0.3, 0.4) is 0 Å². The Morgan fingerprint density at radius 1 is 1.16 bits per heavy atom. The van der Waals surface area contributed by atoms with E-state index in [0.717, 1.165) is 19.3 Å². The summed E-state index contributed by atoms with van der Waals surface area (Å²) in [6.07, 6.45) is 1.53. The maximum Gasteiger partial charge on any atom is 0.168 e. The third-order valence-electron chi connectivity index (χ3n) is 3.92.